The first-order chi connectivity index (χ1) is 8.26. The molecule has 92 valence electrons. The SMILES string of the molecule is C#CCCOc1c(OC)cc(CO)cc1OC. The first kappa shape index (κ1) is 13.2. The summed E-state index contributed by atoms with van der Waals surface area (Å²) in [6, 6.07) is 3.40. The average Bonchev–Trinajstić information content (AvgIpc) is 2.38. The van der Waals surface area contributed by atoms with Gasteiger partial charge in [-0.25, -0.2) is 0 Å². The van der Waals surface area contributed by atoms with E-state index in [0.29, 0.717) is 35.8 Å². The van der Waals surface area contributed by atoms with Crippen molar-refractivity contribution in [1.29, 1.82) is 0 Å². The van der Waals surface area contributed by atoms with Gasteiger partial charge in [0.25, 0.3) is 0 Å². The van der Waals surface area contributed by atoms with E-state index in [-0.39, 0.29) is 6.61 Å². The largest absolute Gasteiger partial charge is 0.493 e. The number of aliphatic hydroxyl groups excluding tert-OH is 1. The van der Waals surface area contributed by atoms with Crippen LogP contribution in [0.1, 0.15) is 12.0 Å². The van der Waals surface area contributed by atoms with Crippen LogP contribution < -0.4 is 14.2 Å². The molecule has 1 rings (SSSR count). The van der Waals surface area contributed by atoms with E-state index in [0.717, 1.165) is 0 Å². The third-order valence-corrected chi connectivity index (χ3v) is 2.20. The fourth-order valence-corrected chi connectivity index (χ4v) is 1.38. The number of benzene rings is 1. The van der Waals surface area contributed by atoms with Crippen molar-refractivity contribution in [3.8, 4) is 29.6 Å². The number of terminal acetylenes is 1. The van der Waals surface area contributed by atoms with Crippen molar-refractivity contribution in [3.63, 3.8) is 0 Å². The van der Waals surface area contributed by atoms with Crippen molar-refractivity contribution in [3.05, 3.63) is 17.7 Å². The summed E-state index contributed by atoms with van der Waals surface area (Å²) in [4.78, 5) is 0. The Labute approximate surface area is 101 Å². The van der Waals surface area contributed by atoms with Gasteiger partial charge in [-0.05, 0) is 17.7 Å². The molecule has 0 bridgehead atoms. The maximum absolute atomic E-state index is 9.10. The van der Waals surface area contributed by atoms with Crippen LogP contribution in [0.5, 0.6) is 17.2 Å². The number of ether oxygens (including phenoxy) is 3. The van der Waals surface area contributed by atoms with Gasteiger partial charge in [-0.1, -0.05) is 0 Å². The van der Waals surface area contributed by atoms with Gasteiger partial charge in [-0.3, -0.25) is 0 Å². The molecule has 0 radical (unpaired) electrons. The van der Waals surface area contributed by atoms with Gasteiger partial charge in [-0.2, -0.15) is 0 Å². The summed E-state index contributed by atoms with van der Waals surface area (Å²) in [7, 11) is 3.06. The summed E-state index contributed by atoms with van der Waals surface area (Å²) < 4.78 is 15.9. The van der Waals surface area contributed by atoms with Crippen LogP contribution in [0, 0.1) is 12.3 Å². The fourth-order valence-electron chi connectivity index (χ4n) is 1.38. The molecule has 0 unspecified atom stereocenters. The van der Waals surface area contributed by atoms with Crippen LogP contribution in [0.15, 0.2) is 12.1 Å². The topological polar surface area (TPSA) is 47.9 Å². The number of hydrogen-bond acceptors (Lipinski definition) is 4. The molecule has 17 heavy (non-hydrogen) atoms. The van der Waals surface area contributed by atoms with Crippen LogP contribution in [0.3, 0.4) is 0 Å². The Bertz CT molecular complexity index is 381. The van der Waals surface area contributed by atoms with Crippen LogP contribution in [-0.4, -0.2) is 25.9 Å². The molecule has 0 spiro atoms. The average molecular weight is 236 g/mol. The molecule has 0 saturated heterocycles. The lowest BCUT2D eigenvalue weighted by Gasteiger charge is -2.15. The molecule has 0 atom stereocenters. The lowest BCUT2D eigenvalue weighted by atomic mass is 10.2. The fraction of sp³-hybridized carbons (Fsp3) is 0.385. The van der Waals surface area contributed by atoms with Gasteiger partial charge in [-0.15, -0.1) is 12.3 Å². The van der Waals surface area contributed by atoms with Gasteiger partial charge in [0, 0.05) is 6.42 Å². The van der Waals surface area contributed by atoms with Crippen LogP contribution in [0.4, 0.5) is 0 Å². The van der Waals surface area contributed by atoms with Gasteiger partial charge in [0.2, 0.25) is 5.75 Å². The predicted octanol–water partition coefficient (Wildman–Crippen LogP) is 1.60. The van der Waals surface area contributed by atoms with Crippen molar-refractivity contribution < 1.29 is 19.3 Å². The molecule has 0 aromatic heterocycles. The summed E-state index contributed by atoms with van der Waals surface area (Å²) in [5, 5.41) is 9.10. The van der Waals surface area contributed by atoms with E-state index in [1.165, 1.54) is 14.2 Å². The van der Waals surface area contributed by atoms with Crippen molar-refractivity contribution in [2.24, 2.45) is 0 Å². The molecular weight excluding hydrogens is 220 g/mol. The molecule has 1 aromatic carbocycles. The molecule has 4 heteroatoms. The molecule has 0 amide bonds. The minimum Gasteiger partial charge on any atom is -0.493 e. The molecule has 0 saturated carbocycles. The summed E-state index contributed by atoms with van der Waals surface area (Å²) in [5.41, 5.74) is 0.697. The second-order valence-corrected chi connectivity index (χ2v) is 3.29. The number of hydrogen-bond donors (Lipinski definition) is 1. The number of methoxy groups -OCH3 is 2. The zero-order valence-corrected chi connectivity index (χ0v) is 10.0. The smallest absolute Gasteiger partial charge is 0.203 e. The monoisotopic (exact) mass is 236 g/mol. The molecule has 0 aliphatic carbocycles. The van der Waals surface area contributed by atoms with Crippen molar-refractivity contribution in [2.75, 3.05) is 20.8 Å². The third kappa shape index (κ3) is 3.30. The minimum absolute atomic E-state index is 0.0860. The molecule has 0 aliphatic rings. The molecule has 0 aliphatic heterocycles. The first-order valence-corrected chi connectivity index (χ1v) is 5.18. The number of aliphatic hydroxyl groups is 1. The van der Waals surface area contributed by atoms with E-state index in [4.69, 9.17) is 25.7 Å². The second kappa shape index (κ2) is 6.66. The second-order valence-electron chi connectivity index (χ2n) is 3.29. The van der Waals surface area contributed by atoms with Gasteiger partial charge >= 0.3 is 0 Å². The highest BCUT2D eigenvalue weighted by molar-refractivity contribution is 5.53. The Hall–Kier alpha value is -1.86. The summed E-state index contributed by atoms with van der Waals surface area (Å²) in [6.07, 6.45) is 5.66. The quantitative estimate of drug-likeness (QED) is 0.602. The van der Waals surface area contributed by atoms with E-state index in [2.05, 4.69) is 5.92 Å². The van der Waals surface area contributed by atoms with Gasteiger partial charge in [0.1, 0.15) is 0 Å². The maximum atomic E-state index is 9.10. The van der Waals surface area contributed by atoms with Crippen molar-refractivity contribution in [1.82, 2.24) is 0 Å². The van der Waals surface area contributed by atoms with Crippen LogP contribution in [0.2, 0.25) is 0 Å². The zero-order chi connectivity index (χ0) is 12.7. The van der Waals surface area contributed by atoms with Crippen LogP contribution >= 0.6 is 0 Å². The highest BCUT2D eigenvalue weighted by Gasteiger charge is 2.13. The summed E-state index contributed by atoms with van der Waals surface area (Å²) >= 11 is 0. The summed E-state index contributed by atoms with van der Waals surface area (Å²) in [5.74, 6) is 4.03. The van der Waals surface area contributed by atoms with Crippen molar-refractivity contribution in [2.45, 2.75) is 13.0 Å². The molecule has 1 N–H and O–H groups in total. The molecule has 0 heterocycles. The maximum Gasteiger partial charge on any atom is 0.203 e. The van der Waals surface area contributed by atoms with Crippen LogP contribution in [-0.2, 0) is 6.61 Å². The van der Waals surface area contributed by atoms with E-state index in [1.54, 1.807) is 12.1 Å². The Morgan fingerprint density at radius 2 is 1.82 bits per heavy atom. The zero-order valence-electron chi connectivity index (χ0n) is 10.0. The Kier molecular flexibility index (Phi) is 5.18. The summed E-state index contributed by atoms with van der Waals surface area (Å²) in [6.45, 7) is 0.305. The molecule has 4 nitrogen and oxygen atoms in total. The van der Waals surface area contributed by atoms with Crippen LogP contribution in [0.25, 0.3) is 0 Å². The normalized spacial score (nSPS) is 9.53. The predicted molar refractivity (Wildman–Crippen MR) is 64.4 cm³/mol. The first-order valence-electron chi connectivity index (χ1n) is 5.18. The Morgan fingerprint density at radius 1 is 1.24 bits per heavy atom. The number of rotatable bonds is 6. The van der Waals surface area contributed by atoms with E-state index >= 15 is 0 Å². The standard InChI is InChI=1S/C13H16O4/c1-4-5-6-17-13-11(15-2)7-10(9-14)8-12(13)16-3/h1,7-8,14H,5-6,9H2,2-3H3. The molecule has 1 aromatic rings. The Balaban J connectivity index is 3.02. The highest BCUT2D eigenvalue weighted by atomic mass is 16.5. The van der Waals surface area contributed by atoms with Gasteiger partial charge < -0.3 is 19.3 Å². The van der Waals surface area contributed by atoms with Gasteiger partial charge in [0.15, 0.2) is 11.5 Å². The highest BCUT2D eigenvalue weighted by Crippen LogP contribution is 2.38. The third-order valence-electron chi connectivity index (χ3n) is 2.20. The van der Waals surface area contributed by atoms with Gasteiger partial charge in [0.05, 0.1) is 27.4 Å². The lowest BCUT2D eigenvalue weighted by Crippen LogP contribution is -2.02. The minimum atomic E-state index is -0.0860. The van der Waals surface area contributed by atoms with E-state index in [1.807, 2.05) is 0 Å². The Morgan fingerprint density at radius 3 is 2.24 bits per heavy atom. The lowest BCUT2D eigenvalue weighted by molar-refractivity contribution is 0.269. The van der Waals surface area contributed by atoms with E-state index in [9.17, 15) is 0 Å². The molecular formula is C13H16O4. The molecule has 0 fully saturated rings. The van der Waals surface area contributed by atoms with E-state index < -0.39 is 0 Å². The van der Waals surface area contributed by atoms with Crippen molar-refractivity contribution >= 4 is 0 Å².